The average molecular weight is 564 g/mol. The molecule has 39 heavy (non-hydrogen) atoms. The van der Waals surface area contributed by atoms with Crippen molar-refractivity contribution in [2.24, 2.45) is 4.99 Å². The number of aliphatic imine (C=N–C) groups is 1. The van der Waals surface area contributed by atoms with Gasteiger partial charge in [-0.2, -0.15) is 8.78 Å². The van der Waals surface area contributed by atoms with E-state index in [9.17, 15) is 13.6 Å². The van der Waals surface area contributed by atoms with Crippen LogP contribution in [0, 0.1) is 0 Å². The smallest absolute Gasteiger partial charge is 0.288 e. The Balaban J connectivity index is 1.36. The van der Waals surface area contributed by atoms with Crippen molar-refractivity contribution in [1.29, 1.82) is 0 Å². The van der Waals surface area contributed by atoms with Crippen molar-refractivity contribution >= 4 is 52.0 Å². The summed E-state index contributed by atoms with van der Waals surface area (Å²) < 4.78 is 25.4. The van der Waals surface area contributed by atoms with Crippen LogP contribution in [-0.4, -0.2) is 34.3 Å². The van der Waals surface area contributed by atoms with Crippen molar-refractivity contribution in [2.45, 2.75) is 55.8 Å². The summed E-state index contributed by atoms with van der Waals surface area (Å²) in [6.07, 6.45) is 6.07. The monoisotopic (exact) mass is 563 g/mol. The number of amides is 1. The molecule has 2 aliphatic rings. The topological polar surface area (TPSA) is 35.9 Å². The van der Waals surface area contributed by atoms with Crippen molar-refractivity contribution in [1.82, 2.24) is 4.90 Å². The Bertz CT molecular complexity index is 1320. The van der Waals surface area contributed by atoms with Gasteiger partial charge in [0, 0.05) is 29.7 Å². The molecule has 4 nitrogen and oxygen atoms in total. The molecule has 0 radical (unpaired) electrons. The first-order valence-electron chi connectivity index (χ1n) is 13.3. The van der Waals surface area contributed by atoms with Crippen LogP contribution in [0.3, 0.4) is 0 Å². The maximum atomic E-state index is 13.6. The lowest BCUT2D eigenvalue weighted by Gasteiger charge is -2.23. The summed E-state index contributed by atoms with van der Waals surface area (Å²) in [5, 5.41) is 0.657. The van der Waals surface area contributed by atoms with Gasteiger partial charge in [-0.15, -0.1) is 0 Å². The fourth-order valence-corrected chi connectivity index (χ4v) is 6.54. The van der Waals surface area contributed by atoms with Gasteiger partial charge in [0.1, 0.15) is 0 Å². The molecular formula is C31H31F2N3OS2. The van der Waals surface area contributed by atoms with Gasteiger partial charge in [0.15, 0.2) is 5.17 Å². The number of hydrogen-bond donors (Lipinski definition) is 0. The lowest BCUT2D eigenvalue weighted by Crippen LogP contribution is -2.37. The van der Waals surface area contributed by atoms with Crippen LogP contribution in [0.4, 0.5) is 20.2 Å². The summed E-state index contributed by atoms with van der Waals surface area (Å²) in [4.78, 5) is 23.6. The Kier molecular flexibility index (Phi) is 9.04. The van der Waals surface area contributed by atoms with Crippen molar-refractivity contribution in [3.8, 4) is 0 Å². The second-order valence-electron chi connectivity index (χ2n) is 9.58. The number of carbonyl (C=O) groups is 1. The van der Waals surface area contributed by atoms with Crippen LogP contribution in [0.2, 0.25) is 0 Å². The van der Waals surface area contributed by atoms with Gasteiger partial charge in [-0.3, -0.25) is 9.69 Å². The van der Waals surface area contributed by atoms with Crippen LogP contribution in [0.5, 0.6) is 0 Å². The number of nitrogens with zero attached hydrogens (tertiary/aromatic N) is 3. The average Bonchev–Trinajstić information content (AvgIpc) is 3.57. The largest absolute Gasteiger partial charge is 0.367 e. The van der Waals surface area contributed by atoms with Gasteiger partial charge in [-0.25, -0.2) is 4.99 Å². The highest BCUT2D eigenvalue weighted by molar-refractivity contribution is 8.18. The Hall–Kier alpha value is -3.10. The van der Waals surface area contributed by atoms with Crippen molar-refractivity contribution in [3.05, 3.63) is 94.9 Å². The van der Waals surface area contributed by atoms with Crippen molar-refractivity contribution in [2.75, 3.05) is 11.4 Å². The van der Waals surface area contributed by atoms with Crippen LogP contribution >= 0.6 is 23.5 Å². The minimum Gasteiger partial charge on any atom is -0.367 e. The third kappa shape index (κ3) is 6.92. The zero-order valence-electron chi connectivity index (χ0n) is 21.8. The van der Waals surface area contributed by atoms with E-state index in [4.69, 9.17) is 4.99 Å². The summed E-state index contributed by atoms with van der Waals surface area (Å²) in [6.45, 7) is 3.88. The summed E-state index contributed by atoms with van der Waals surface area (Å²) in [6, 6.07) is 25.6. The Labute approximate surface area is 237 Å². The van der Waals surface area contributed by atoms with Crippen LogP contribution in [0.1, 0.15) is 43.7 Å². The zero-order chi connectivity index (χ0) is 27.2. The standard InChI is InChI=1S/C31H31F2N3OS2/c1-2-35(21-23-8-4-3-5-9-23)25-16-12-22(13-17-25)20-28-29(37)36(26-10-6-7-11-26)31(39-28)34-24-14-18-27(19-15-24)38-30(32)33/h3-5,8-9,12-20,26,30H,2,6-7,10-11,21H2,1H3. The molecule has 1 amide bonds. The van der Waals surface area contributed by atoms with E-state index in [0.29, 0.717) is 32.4 Å². The summed E-state index contributed by atoms with van der Waals surface area (Å²) >= 11 is 1.90. The molecule has 0 N–H and O–H groups in total. The van der Waals surface area contributed by atoms with Crippen molar-refractivity contribution < 1.29 is 13.6 Å². The number of carbonyl (C=O) groups excluding carboxylic acids is 1. The molecule has 0 spiro atoms. The van der Waals surface area contributed by atoms with E-state index < -0.39 is 5.76 Å². The molecule has 0 unspecified atom stereocenters. The maximum absolute atomic E-state index is 13.6. The number of benzene rings is 3. The third-order valence-corrected chi connectivity index (χ3v) is 8.67. The Morgan fingerprint density at radius 1 is 1.03 bits per heavy atom. The molecule has 5 rings (SSSR count). The summed E-state index contributed by atoms with van der Waals surface area (Å²) in [5.41, 5.74) is 4.01. The highest BCUT2D eigenvalue weighted by Crippen LogP contribution is 2.39. The second-order valence-corrected chi connectivity index (χ2v) is 11.7. The van der Waals surface area contributed by atoms with Gasteiger partial charge in [-0.05, 0) is 85.1 Å². The van der Waals surface area contributed by atoms with Crippen LogP contribution < -0.4 is 4.90 Å². The minimum absolute atomic E-state index is 0.0149. The SMILES string of the molecule is CCN(Cc1ccccc1)c1ccc(C=C2SC(=Nc3ccc(SC(F)F)cc3)N(C3CCCC3)C2=O)cc1. The molecule has 1 aliphatic carbocycles. The molecule has 2 fully saturated rings. The van der Waals surface area contributed by atoms with E-state index in [1.165, 1.54) is 17.3 Å². The molecule has 3 aromatic rings. The molecule has 8 heteroatoms. The first-order chi connectivity index (χ1) is 19.0. The van der Waals surface area contributed by atoms with Gasteiger partial charge >= 0.3 is 0 Å². The number of alkyl halides is 2. The quantitative estimate of drug-likeness (QED) is 0.193. The predicted molar refractivity (Wildman–Crippen MR) is 160 cm³/mol. The number of anilines is 1. The molecule has 0 bridgehead atoms. The molecule has 1 aliphatic heterocycles. The lowest BCUT2D eigenvalue weighted by molar-refractivity contribution is -0.123. The molecule has 1 heterocycles. The van der Waals surface area contributed by atoms with Gasteiger partial charge in [0.2, 0.25) is 0 Å². The van der Waals surface area contributed by atoms with Gasteiger partial charge in [0.05, 0.1) is 10.6 Å². The molecule has 202 valence electrons. The van der Waals surface area contributed by atoms with Crippen LogP contribution in [0.25, 0.3) is 6.08 Å². The van der Waals surface area contributed by atoms with Gasteiger partial charge in [0.25, 0.3) is 11.7 Å². The number of amidine groups is 1. The minimum atomic E-state index is -2.46. The summed E-state index contributed by atoms with van der Waals surface area (Å²) in [5.74, 6) is -2.47. The van der Waals surface area contributed by atoms with Gasteiger partial charge < -0.3 is 4.90 Å². The Morgan fingerprint density at radius 2 is 1.72 bits per heavy atom. The van der Waals surface area contributed by atoms with Crippen LogP contribution in [-0.2, 0) is 11.3 Å². The first-order valence-corrected chi connectivity index (χ1v) is 15.0. The van der Waals surface area contributed by atoms with E-state index in [2.05, 4.69) is 60.4 Å². The second kappa shape index (κ2) is 12.8. The number of halogens is 2. The normalized spacial score (nSPS) is 18.2. The van der Waals surface area contributed by atoms with Crippen molar-refractivity contribution in [3.63, 3.8) is 0 Å². The van der Waals surface area contributed by atoms with E-state index in [0.717, 1.165) is 50.0 Å². The van der Waals surface area contributed by atoms with Gasteiger partial charge in [-0.1, -0.05) is 67.1 Å². The predicted octanol–water partition coefficient (Wildman–Crippen LogP) is 8.57. The van der Waals surface area contributed by atoms with E-state index in [1.807, 2.05) is 17.0 Å². The Morgan fingerprint density at radius 3 is 2.36 bits per heavy atom. The van der Waals surface area contributed by atoms with E-state index in [-0.39, 0.29) is 11.9 Å². The third-order valence-electron chi connectivity index (χ3n) is 6.97. The lowest BCUT2D eigenvalue weighted by atomic mass is 10.1. The molecule has 1 saturated carbocycles. The highest BCUT2D eigenvalue weighted by atomic mass is 32.2. The zero-order valence-corrected chi connectivity index (χ0v) is 23.4. The molecule has 1 saturated heterocycles. The maximum Gasteiger partial charge on any atom is 0.288 e. The fourth-order valence-electron chi connectivity index (χ4n) is 4.98. The summed E-state index contributed by atoms with van der Waals surface area (Å²) in [7, 11) is 0. The molecule has 0 aromatic heterocycles. The number of thioether (sulfide) groups is 2. The molecule has 0 atom stereocenters. The van der Waals surface area contributed by atoms with E-state index >= 15 is 0 Å². The highest BCUT2D eigenvalue weighted by Gasteiger charge is 2.39. The van der Waals surface area contributed by atoms with Crippen LogP contribution in [0.15, 0.2) is 93.7 Å². The molecule has 3 aromatic carbocycles. The first kappa shape index (κ1) is 27.5. The fraction of sp³-hybridized carbons (Fsp3) is 0.290. The number of rotatable bonds is 9. The van der Waals surface area contributed by atoms with E-state index in [1.54, 1.807) is 24.3 Å². The molecular weight excluding hydrogens is 532 g/mol. The number of hydrogen-bond acceptors (Lipinski definition) is 5.